The highest BCUT2D eigenvalue weighted by atomic mass is 15.1. The van der Waals surface area contributed by atoms with Gasteiger partial charge < -0.3 is 10.6 Å². The van der Waals surface area contributed by atoms with E-state index in [4.69, 9.17) is 5.73 Å². The van der Waals surface area contributed by atoms with Gasteiger partial charge in [-0.15, -0.1) is 0 Å². The van der Waals surface area contributed by atoms with E-state index in [0.717, 1.165) is 17.5 Å². The molecule has 0 amide bonds. The van der Waals surface area contributed by atoms with Crippen LogP contribution in [0.5, 0.6) is 0 Å². The van der Waals surface area contributed by atoms with E-state index >= 15 is 0 Å². The van der Waals surface area contributed by atoms with Crippen LogP contribution in [0, 0.1) is 25.7 Å². The minimum atomic E-state index is 0.788. The summed E-state index contributed by atoms with van der Waals surface area (Å²) in [5, 5.41) is 0. The van der Waals surface area contributed by atoms with Gasteiger partial charge in [0, 0.05) is 24.5 Å². The molecule has 2 unspecified atom stereocenters. The molecule has 0 saturated carbocycles. The van der Waals surface area contributed by atoms with Gasteiger partial charge >= 0.3 is 0 Å². The number of hydrogen-bond acceptors (Lipinski definition) is 2. The van der Waals surface area contributed by atoms with E-state index in [9.17, 15) is 0 Å². The van der Waals surface area contributed by atoms with Crippen molar-refractivity contribution in [2.24, 2.45) is 11.8 Å². The maximum atomic E-state index is 5.96. The normalized spacial score (nSPS) is 25.1. The standard InChI is InChI=1S/C15H24N2/c1-10-5-11(2)9-17(8-10)15-7-12(3)14(16)6-13(15)4/h6-7,10-11H,5,8-9,16H2,1-4H3. The van der Waals surface area contributed by atoms with Gasteiger partial charge in [-0.1, -0.05) is 13.8 Å². The Bertz CT molecular complexity index is 402. The smallest absolute Gasteiger partial charge is 0.0400 e. The zero-order valence-corrected chi connectivity index (χ0v) is 11.5. The van der Waals surface area contributed by atoms with Crippen LogP contribution in [0.2, 0.25) is 0 Å². The van der Waals surface area contributed by atoms with E-state index in [1.54, 1.807) is 0 Å². The Morgan fingerprint density at radius 2 is 1.65 bits per heavy atom. The lowest BCUT2D eigenvalue weighted by molar-refractivity contribution is 0.356. The molecule has 2 heteroatoms. The first-order chi connectivity index (χ1) is 7.97. The van der Waals surface area contributed by atoms with Crippen molar-refractivity contribution in [2.75, 3.05) is 23.7 Å². The molecule has 0 spiro atoms. The van der Waals surface area contributed by atoms with Crippen LogP contribution in [0.3, 0.4) is 0 Å². The molecule has 0 bridgehead atoms. The number of aryl methyl sites for hydroxylation is 2. The fourth-order valence-corrected chi connectivity index (χ4v) is 3.02. The Kier molecular flexibility index (Phi) is 3.32. The van der Waals surface area contributed by atoms with Crippen molar-refractivity contribution in [2.45, 2.75) is 34.1 Å². The van der Waals surface area contributed by atoms with E-state index in [1.165, 1.54) is 36.3 Å². The lowest BCUT2D eigenvalue weighted by Gasteiger charge is -2.37. The maximum absolute atomic E-state index is 5.96. The molecular formula is C15H24N2. The molecule has 2 atom stereocenters. The fraction of sp³-hybridized carbons (Fsp3) is 0.600. The lowest BCUT2D eigenvalue weighted by Crippen LogP contribution is -2.39. The molecule has 2 nitrogen and oxygen atoms in total. The van der Waals surface area contributed by atoms with Gasteiger partial charge in [0.15, 0.2) is 0 Å². The third-order valence-electron chi connectivity index (χ3n) is 3.79. The molecule has 17 heavy (non-hydrogen) atoms. The number of nitrogen functional groups attached to an aromatic ring is 1. The van der Waals surface area contributed by atoms with Crippen LogP contribution in [0.25, 0.3) is 0 Å². The Labute approximate surface area is 105 Å². The molecular weight excluding hydrogens is 208 g/mol. The molecule has 94 valence electrons. The van der Waals surface area contributed by atoms with Crippen LogP contribution in [0.4, 0.5) is 11.4 Å². The van der Waals surface area contributed by atoms with Crippen LogP contribution >= 0.6 is 0 Å². The number of nitrogens with two attached hydrogens (primary N) is 1. The zero-order valence-electron chi connectivity index (χ0n) is 11.5. The minimum Gasteiger partial charge on any atom is -0.399 e. The van der Waals surface area contributed by atoms with E-state index in [0.29, 0.717) is 0 Å². The molecule has 0 aromatic heterocycles. The van der Waals surface area contributed by atoms with Gasteiger partial charge in [0.1, 0.15) is 0 Å². The number of piperidine rings is 1. The molecule has 1 aliphatic rings. The van der Waals surface area contributed by atoms with Gasteiger partial charge in [-0.3, -0.25) is 0 Å². The molecule has 1 aliphatic heterocycles. The Hall–Kier alpha value is -1.18. The number of rotatable bonds is 1. The highest BCUT2D eigenvalue weighted by Crippen LogP contribution is 2.31. The van der Waals surface area contributed by atoms with Gasteiger partial charge in [0.25, 0.3) is 0 Å². The second-order valence-electron chi connectivity index (χ2n) is 5.85. The molecule has 2 rings (SSSR count). The summed E-state index contributed by atoms with van der Waals surface area (Å²) in [4.78, 5) is 2.53. The molecule has 1 fully saturated rings. The summed E-state index contributed by atoms with van der Waals surface area (Å²) in [7, 11) is 0. The topological polar surface area (TPSA) is 29.3 Å². The van der Waals surface area contributed by atoms with Crippen molar-refractivity contribution in [3.63, 3.8) is 0 Å². The second-order valence-corrected chi connectivity index (χ2v) is 5.85. The number of hydrogen-bond donors (Lipinski definition) is 1. The molecule has 0 radical (unpaired) electrons. The van der Waals surface area contributed by atoms with Crippen LogP contribution < -0.4 is 10.6 Å². The van der Waals surface area contributed by atoms with Crippen molar-refractivity contribution in [1.82, 2.24) is 0 Å². The van der Waals surface area contributed by atoms with Gasteiger partial charge in [0.05, 0.1) is 0 Å². The fourth-order valence-electron chi connectivity index (χ4n) is 3.02. The van der Waals surface area contributed by atoms with Crippen molar-refractivity contribution >= 4 is 11.4 Å². The van der Waals surface area contributed by atoms with E-state index in [-0.39, 0.29) is 0 Å². The molecule has 1 heterocycles. The first-order valence-electron chi connectivity index (χ1n) is 6.59. The van der Waals surface area contributed by atoms with Crippen LogP contribution in [-0.2, 0) is 0 Å². The number of benzene rings is 1. The van der Waals surface area contributed by atoms with E-state index in [1.807, 2.05) is 0 Å². The maximum Gasteiger partial charge on any atom is 0.0400 e. The van der Waals surface area contributed by atoms with Gasteiger partial charge in [-0.05, 0) is 55.4 Å². The largest absolute Gasteiger partial charge is 0.399 e. The van der Waals surface area contributed by atoms with E-state index < -0.39 is 0 Å². The summed E-state index contributed by atoms with van der Waals surface area (Å²) in [6.07, 6.45) is 1.35. The minimum absolute atomic E-state index is 0.788. The zero-order chi connectivity index (χ0) is 12.6. The SMILES string of the molecule is Cc1cc(N2CC(C)CC(C)C2)c(C)cc1N. The molecule has 0 aliphatic carbocycles. The first kappa shape index (κ1) is 12.3. The van der Waals surface area contributed by atoms with Crippen molar-refractivity contribution in [3.8, 4) is 0 Å². The van der Waals surface area contributed by atoms with Gasteiger partial charge in [0.2, 0.25) is 0 Å². The summed E-state index contributed by atoms with van der Waals surface area (Å²) in [5.41, 5.74) is 10.7. The average Bonchev–Trinajstić information content (AvgIpc) is 2.22. The molecule has 1 aromatic carbocycles. The Morgan fingerprint density at radius 1 is 1.06 bits per heavy atom. The third kappa shape index (κ3) is 2.56. The summed E-state index contributed by atoms with van der Waals surface area (Å²) in [6, 6.07) is 4.35. The van der Waals surface area contributed by atoms with Crippen molar-refractivity contribution < 1.29 is 0 Å². The number of nitrogens with zero attached hydrogens (tertiary/aromatic N) is 1. The second kappa shape index (κ2) is 4.59. The van der Waals surface area contributed by atoms with Crippen LogP contribution in [0.1, 0.15) is 31.4 Å². The summed E-state index contributed by atoms with van der Waals surface area (Å²) >= 11 is 0. The lowest BCUT2D eigenvalue weighted by atomic mass is 9.91. The Morgan fingerprint density at radius 3 is 2.24 bits per heavy atom. The van der Waals surface area contributed by atoms with Crippen molar-refractivity contribution in [1.29, 1.82) is 0 Å². The predicted molar refractivity (Wildman–Crippen MR) is 75.5 cm³/mol. The highest BCUT2D eigenvalue weighted by Gasteiger charge is 2.23. The molecule has 1 saturated heterocycles. The number of anilines is 2. The first-order valence-corrected chi connectivity index (χ1v) is 6.59. The highest BCUT2D eigenvalue weighted by molar-refractivity contribution is 5.63. The summed E-state index contributed by atoms with van der Waals surface area (Å²) < 4.78 is 0. The Balaban J connectivity index is 2.30. The van der Waals surface area contributed by atoms with Crippen LogP contribution in [-0.4, -0.2) is 13.1 Å². The van der Waals surface area contributed by atoms with Gasteiger partial charge in [-0.2, -0.15) is 0 Å². The summed E-state index contributed by atoms with van der Waals surface area (Å²) in [5.74, 6) is 1.58. The van der Waals surface area contributed by atoms with Crippen molar-refractivity contribution in [3.05, 3.63) is 23.3 Å². The monoisotopic (exact) mass is 232 g/mol. The quantitative estimate of drug-likeness (QED) is 0.752. The summed E-state index contributed by atoms with van der Waals surface area (Å²) in [6.45, 7) is 11.3. The molecule has 1 aromatic rings. The van der Waals surface area contributed by atoms with Gasteiger partial charge in [-0.25, -0.2) is 0 Å². The molecule has 2 N–H and O–H groups in total. The van der Waals surface area contributed by atoms with Crippen LogP contribution in [0.15, 0.2) is 12.1 Å². The van der Waals surface area contributed by atoms with E-state index in [2.05, 4.69) is 44.7 Å². The average molecular weight is 232 g/mol. The predicted octanol–water partition coefficient (Wildman–Crippen LogP) is 3.37. The third-order valence-corrected chi connectivity index (χ3v) is 3.79.